The molecule has 31 heavy (non-hydrogen) atoms. The van der Waals surface area contributed by atoms with E-state index in [9.17, 15) is 13.2 Å². The van der Waals surface area contributed by atoms with E-state index in [2.05, 4.69) is 10.0 Å². The third-order valence-corrected chi connectivity index (χ3v) is 7.06. The molecule has 3 aromatic rings. The Morgan fingerprint density at radius 2 is 1.68 bits per heavy atom. The van der Waals surface area contributed by atoms with Gasteiger partial charge in [0, 0.05) is 5.69 Å². The molecule has 0 radical (unpaired) electrons. The molecule has 8 heteroatoms. The fraction of sp³-hybridized carbons (Fsp3) is 0.174. The maximum atomic E-state index is 13.0. The molecule has 6 nitrogen and oxygen atoms in total. The van der Waals surface area contributed by atoms with Gasteiger partial charge in [-0.3, -0.25) is 9.52 Å². The molecule has 1 aliphatic carbocycles. The van der Waals surface area contributed by atoms with Crippen molar-refractivity contribution in [3.63, 3.8) is 0 Å². The minimum Gasteiger partial charge on any atom is -0.495 e. The molecule has 0 spiro atoms. The van der Waals surface area contributed by atoms with Crippen LogP contribution in [0.3, 0.4) is 0 Å². The van der Waals surface area contributed by atoms with Crippen molar-refractivity contribution in [2.24, 2.45) is 0 Å². The average molecular weight is 457 g/mol. The van der Waals surface area contributed by atoms with Crippen LogP contribution < -0.4 is 14.8 Å². The fourth-order valence-corrected chi connectivity index (χ4v) is 5.00. The van der Waals surface area contributed by atoms with Crippen LogP contribution in [0.5, 0.6) is 5.75 Å². The Labute approximate surface area is 186 Å². The highest BCUT2D eigenvalue weighted by Crippen LogP contribution is 2.49. The average Bonchev–Trinajstić information content (AvgIpc) is 3.58. The monoisotopic (exact) mass is 456 g/mol. The molecule has 0 atom stereocenters. The largest absolute Gasteiger partial charge is 0.495 e. The number of methoxy groups -OCH3 is 1. The second-order valence-corrected chi connectivity index (χ2v) is 9.41. The molecule has 0 bridgehead atoms. The van der Waals surface area contributed by atoms with Crippen molar-refractivity contribution >= 4 is 38.9 Å². The van der Waals surface area contributed by atoms with Crippen LogP contribution in [-0.4, -0.2) is 21.4 Å². The summed E-state index contributed by atoms with van der Waals surface area (Å²) in [6.45, 7) is 0. The van der Waals surface area contributed by atoms with E-state index in [-0.39, 0.29) is 27.3 Å². The van der Waals surface area contributed by atoms with Crippen LogP contribution in [0, 0.1) is 0 Å². The number of ether oxygens (including phenoxy) is 1. The van der Waals surface area contributed by atoms with Crippen molar-refractivity contribution < 1.29 is 17.9 Å². The van der Waals surface area contributed by atoms with Gasteiger partial charge in [0.15, 0.2) is 0 Å². The number of amides is 1. The summed E-state index contributed by atoms with van der Waals surface area (Å²) in [6, 6.07) is 20.6. The van der Waals surface area contributed by atoms with E-state index in [4.69, 9.17) is 16.3 Å². The minimum absolute atomic E-state index is 0.0997. The van der Waals surface area contributed by atoms with Crippen LogP contribution in [0.2, 0.25) is 5.02 Å². The van der Waals surface area contributed by atoms with Gasteiger partial charge >= 0.3 is 0 Å². The molecule has 1 amide bonds. The molecular formula is C23H21ClN2O4S. The molecule has 160 valence electrons. The maximum absolute atomic E-state index is 13.0. The molecule has 1 saturated carbocycles. The lowest BCUT2D eigenvalue weighted by molar-refractivity contribution is -0.118. The van der Waals surface area contributed by atoms with Gasteiger partial charge in [-0.2, -0.15) is 0 Å². The lowest BCUT2D eigenvalue weighted by atomic mass is 9.95. The smallest absolute Gasteiger partial charge is 0.265 e. The highest BCUT2D eigenvalue weighted by molar-refractivity contribution is 7.92. The van der Waals surface area contributed by atoms with Crippen molar-refractivity contribution in [1.82, 2.24) is 0 Å². The summed E-state index contributed by atoms with van der Waals surface area (Å²) in [6.07, 6.45) is 1.50. The van der Waals surface area contributed by atoms with E-state index >= 15 is 0 Å². The third-order valence-electron chi connectivity index (χ3n) is 5.34. The summed E-state index contributed by atoms with van der Waals surface area (Å²) >= 11 is 6.09. The summed E-state index contributed by atoms with van der Waals surface area (Å²) in [4.78, 5) is 12.9. The van der Waals surface area contributed by atoms with Crippen LogP contribution in [0.25, 0.3) is 0 Å². The van der Waals surface area contributed by atoms with Gasteiger partial charge in [-0.15, -0.1) is 0 Å². The van der Waals surface area contributed by atoms with E-state index in [0.29, 0.717) is 5.69 Å². The Balaban J connectivity index is 1.62. The Hall–Kier alpha value is -3.03. The molecule has 2 N–H and O–H groups in total. The zero-order chi connectivity index (χ0) is 22.1. The second kappa shape index (κ2) is 8.24. The summed E-state index contributed by atoms with van der Waals surface area (Å²) < 4.78 is 33.8. The van der Waals surface area contributed by atoms with Crippen molar-refractivity contribution in [1.29, 1.82) is 0 Å². The van der Waals surface area contributed by atoms with Crippen molar-refractivity contribution in [3.8, 4) is 5.75 Å². The number of nitrogens with one attached hydrogen (secondary N) is 2. The molecular weight excluding hydrogens is 436 g/mol. The van der Waals surface area contributed by atoms with Gasteiger partial charge in [0.25, 0.3) is 10.0 Å². The van der Waals surface area contributed by atoms with Crippen LogP contribution in [0.1, 0.15) is 18.4 Å². The minimum atomic E-state index is -4.02. The lowest BCUT2D eigenvalue weighted by Gasteiger charge is -2.17. The van der Waals surface area contributed by atoms with Gasteiger partial charge in [-0.25, -0.2) is 8.42 Å². The number of para-hydroxylation sites is 1. The van der Waals surface area contributed by atoms with E-state index in [1.807, 2.05) is 30.3 Å². The molecule has 0 heterocycles. The number of carbonyl (C=O) groups is 1. The Bertz CT molecular complexity index is 1230. The number of hydrogen-bond donors (Lipinski definition) is 2. The van der Waals surface area contributed by atoms with Crippen LogP contribution in [-0.2, 0) is 20.2 Å². The topological polar surface area (TPSA) is 84.5 Å². The van der Waals surface area contributed by atoms with E-state index in [1.54, 1.807) is 30.3 Å². The summed E-state index contributed by atoms with van der Waals surface area (Å²) in [5.74, 6) is -0.00646. The molecule has 0 saturated heterocycles. The zero-order valence-corrected chi connectivity index (χ0v) is 18.3. The summed E-state index contributed by atoms with van der Waals surface area (Å²) in [7, 11) is -2.63. The molecule has 0 unspecified atom stereocenters. The number of benzene rings is 3. The van der Waals surface area contributed by atoms with Gasteiger partial charge in [-0.1, -0.05) is 54.1 Å². The first kappa shape index (κ1) is 21.2. The third kappa shape index (κ3) is 4.24. The van der Waals surface area contributed by atoms with Crippen LogP contribution in [0.4, 0.5) is 11.4 Å². The lowest BCUT2D eigenvalue weighted by Crippen LogP contribution is -2.28. The van der Waals surface area contributed by atoms with Gasteiger partial charge < -0.3 is 10.1 Å². The quantitative estimate of drug-likeness (QED) is 0.533. The SMILES string of the molecule is COc1ccc(NC(=O)C2(c3ccccc3)CC2)cc1S(=O)(=O)Nc1ccccc1Cl. The van der Waals surface area contributed by atoms with Crippen molar-refractivity contribution in [2.45, 2.75) is 23.2 Å². The van der Waals surface area contributed by atoms with Crippen molar-refractivity contribution in [2.75, 3.05) is 17.1 Å². The normalized spacial score (nSPS) is 14.5. The second-order valence-electron chi connectivity index (χ2n) is 7.35. The van der Waals surface area contributed by atoms with Gasteiger partial charge in [0.1, 0.15) is 10.6 Å². The first-order valence-electron chi connectivity index (χ1n) is 9.68. The predicted octanol–water partition coefficient (Wildman–Crippen LogP) is 4.82. The molecule has 4 rings (SSSR count). The summed E-state index contributed by atoms with van der Waals surface area (Å²) in [5.41, 5.74) is 0.999. The first-order valence-corrected chi connectivity index (χ1v) is 11.5. The molecule has 1 fully saturated rings. The van der Waals surface area contributed by atoms with E-state index < -0.39 is 15.4 Å². The Morgan fingerprint density at radius 1 is 1.00 bits per heavy atom. The van der Waals surface area contributed by atoms with Gasteiger partial charge in [0.05, 0.1) is 23.2 Å². The van der Waals surface area contributed by atoms with E-state index in [1.165, 1.54) is 19.2 Å². The molecule has 1 aliphatic rings. The number of sulfonamides is 1. The van der Waals surface area contributed by atoms with Gasteiger partial charge in [0.2, 0.25) is 5.91 Å². The highest BCUT2D eigenvalue weighted by atomic mass is 35.5. The van der Waals surface area contributed by atoms with Crippen molar-refractivity contribution in [3.05, 3.63) is 83.4 Å². The molecule has 0 aromatic heterocycles. The number of halogens is 1. The van der Waals surface area contributed by atoms with Gasteiger partial charge in [-0.05, 0) is 48.7 Å². The molecule has 0 aliphatic heterocycles. The fourth-order valence-electron chi connectivity index (χ4n) is 3.49. The Morgan fingerprint density at radius 3 is 2.32 bits per heavy atom. The van der Waals surface area contributed by atoms with Crippen LogP contribution >= 0.6 is 11.6 Å². The first-order chi connectivity index (χ1) is 14.9. The summed E-state index contributed by atoms with van der Waals surface area (Å²) in [5, 5.41) is 3.14. The Kier molecular flexibility index (Phi) is 5.64. The van der Waals surface area contributed by atoms with Crippen LogP contribution in [0.15, 0.2) is 77.7 Å². The number of carbonyl (C=O) groups excluding carboxylic acids is 1. The standard InChI is InChI=1S/C23H21ClN2O4S/c1-30-20-12-11-17(25-22(27)23(13-14-23)16-7-3-2-4-8-16)15-21(20)31(28,29)26-19-10-6-5-9-18(19)24/h2-12,15,26H,13-14H2,1H3,(H,25,27). The predicted molar refractivity (Wildman–Crippen MR) is 121 cm³/mol. The molecule has 3 aromatic carbocycles. The number of hydrogen-bond acceptors (Lipinski definition) is 4. The number of anilines is 2. The maximum Gasteiger partial charge on any atom is 0.265 e. The van der Waals surface area contributed by atoms with E-state index in [0.717, 1.165) is 18.4 Å². The highest BCUT2D eigenvalue weighted by Gasteiger charge is 2.51. The number of rotatable bonds is 7. The zero-order valence-electron chi connectivity index (χ0n) is 16.8.